The first-order valence-corrected chi connectivity index (χ1v) is 5.97. The Bertz CT molecular complexity index is 629. The van der Waals surface area contributed by atoms with E-state index in [-0.39, 0.29) is 11.3 Å². The molecule has 0 unspecified atom stereocenters. The number of aromatic nitrogens is 1. The van der Waals surface area contributed by atoms with Crippen LogP contribution in [0.15, 0.2) is 36.7 Å². The van der Waals surface area contributed by atoms with Crippen LogP contribution in [-0.2, 0) is 6.54 Å². The molecule has 6 heteroatoms. The zero-order valence-corrected chi connectivity index (χ0v) is 11.0. The largest absolute Gasteiger partial charge is 0.505 e. The van der Waals surface area contributed by atoms with Crippen molar-refractivity contribution in [1.29, 1.82) is 0 Å². The summed E-state index contributed by atoms with van der Waals surface area (Å²) in [6, 6.07) is 6.69. The molecule has 0 aliphatic heterocycles. The van der Waals surface area contributed by atoms with Gasteiger partial charge in [0, 0.05) is 12.7 Å². The number of pyridine rings is 1. The number of hydrogen-bond donors (Lipinski definition) is 3. The molecule has 1 aromatic heterocycles. The van der Waals surface area contributed by atoms with Crippen molar-refractivity contribution in [3.05, 3.63) is 47.8 Å². The molecular weight excluding hydrogens is 258 g/mol. The molecule has 20 heavy (non-hydrogen) atoms. The summed E-state index contributed by atoms with van der Waals surface area (Å²) in [5.74, 6) is -0.110. The minimum atomic E-state index is -0.441. The van der Waals surface area contributed by atoms with E-state index in [1.807, 2.05) is 0 Å². The van der Waals surface area contributed by atoms with Gasteiger partial charge in [-0.25, -0.2) is 0 Å². The number of aromatic hydroxyl groups is 1. The van der Waals surface area contributed by atoms with Crippen LogP contribution in [0.5, 0.6) is 11.5 Å². The Labute approximate surface area is 116 Å². The van der Waals surface area contributed by atoms with Crippen LogP contribution in [-0.4, -0.2) is 23.1 Å². The van der Waals surface area contributed by atoms with Crippen LogP contribution in [0, 0.1) is 0 Å². The average Bonchev–Trinajstić information content (AvgIpc) is 2.48. The van der Waals surface area contributed by atoms with Gasteiger partial charge >= 0.3 is 0 Å². The van der Waals surface area contributed by atoms with Gasteiger partial charge in [-0.3, -0.25) is 9.78 Å². The van der Waals surface area contributed by atoms with Gasteiger partial charge in [-0.05, 0) is 23.8 Å². The van der Waals surface area contributed by atoms with E-state index in [4.69, 9.17) is 10.5 Å². The fraction of sp³-hybridized carbons (Fsp3) is 0.143. The molecule has 4 N–H and O–H groups in total. The van der Waals surface area contributed by atoms with Gasteiger partial charge in [0.15, 0.2) is 0 Å². The molecule has 0 bridgehead atoms. The van der Waals surface area contributed by atoms with E-state index in [2.05, 4.69) is 10.3 Å². The number of rotatable bonds is 4. The van der Waals surface area contributed by atoms with E-state index >= 15 is 0 Å². The van der Waals surface area contributed by atoms with Crippen molar-refractivity contribution in [3.63, 3.8) is 0 Å². The van der Waals surface area contributed by atoms with Gasteiger partial charge in [-0.15, -0.1) is 0 Å². The molecule has 0 fully saturated rings. The van der Waals surface area contributed by atoms with Crippen molar-refractivity contribution in [2.24, 2.45) is 5.73 Å². The SMILES string of the molecule is COc1cc(CN)ccc1NC(=O)c1ccncc1O. The number of methoxy groups -OCH3 is 1. The molecular formula is C14H15N3O3. The normalized spacial score (nSPS) is 10.1. The van der Waals surface area contributed by atoms with Crippen LogP contribution < -0.4 is 15.8 Å². The monoisotopic (exact) mass is 273 g/mol. The maximum absolute atomic E-state index is 12.1. The van der Waals surface area contributed by atoms with Crippen molar-refractivity contribution < 1.29 is 14.6 Å². The fourth-order valence-electron chi connectivity index (χ4n) is 1.73. The standard InChI is InChI=1S/C14H15N3O3/c1-20-13-6-9(7-15)2-3-11(13)17-14(19)10-4-5-16-8-12(10)18/h2-6,8,18H,7,15H2,1H3,(H,17,19). The lowest BCUT2D eigenvalue weighted by Gasteiger charge is -2.12. The number of nitrogens with two attached hydrogens (primary N) is 1. The van der Waals surface area contributed by atoms with Crippen LogP contribution in [0.1, 0.15) is 15.9 Å². The Morgan fingerprint density at radius 2 is 2.25 bits per heavy atom. The van der Waals surface area contributed by atoms with Crippen molar-refractivity contribution in [3.8, 4) is 11.5 Å². The third-order valence-electron chi connectivity index (χ3n) is 2.79. The molecule has 0 aliphatic carbocycles. The first-order valence-electron chi connectivity index (χ1n) is 5.97. The number of ether oxygens (including phenoxy) is 1. The zero-order chi connectivity index (χ0) is 14.5. The second kappa shape index (κ2) is 6.03. The van der Waals surface area contributed by atoms with Crippen LogP contribution in [0.4, 0.5) is 5.69 Å². The van der Waals surface area contributed by atoms with Crippen molar-refractivity contribution in [2.45, 2.75) is 6.54 Å². The molecule has 0 atom stereocenters. The molecule has 6 nitrogen and oxygen atoms in total. The van der Waals surface area contributed by atoms with Gasteiger partial charge in [0.1, 0.15) is 11.5 Å². The summed E-state index contributed by atoms with van der Waals surface area (Å²) in [5.41, 5.74) is 7.10. The van der Waals surface area contributed by atoms with Crippen LogP contribution >= 0.6 is 0 Å². The average molecular weight is 273 g/mol. The van der Waals surface area contributed by atoms with E-state index in [0.717, 1.165) is 5.56 Å². The molecule has 0 spiro atoms. The Balaban J connectivity index is 2.26. The second-order valence-electron chi connectivity index (χ2n) is 4.09. The van der Waals surface area contributed by atoms with E-state index in [1.54, 1.807) is 18.2 Å². The van der Waals surface area contributed by atoms with Gasteiger partial charge in [0.05, 0.1) is 24.6 Å². The minimum absolute atomic E-state index is 0.143. The van der Waals surface area contributed by atoms with Crippen molar-refractivity contribution in [2.75, 3.05) is 12.4 Å². The van der Waals surface area contributed by atoms with E-state index in [1.165, 1.54) is 25.6 Å². The number of nitrogens with one attached hydrogen (secondary N) is 1. The van der Waals surface area contributed by atoms with Crippen LogP contribution in [0.25, 0.3) is 0 Å². The predicted octanol–water partition coefficient (Wildman–Crippen LogP) is 1.51. The topological polar surface area (TPSA) is 97.5 Å². The van der Waals surface area contributed by atoms with E-state index in [9.17, 15) is 9.90 Å². The summed E-state index contributed by atoms with van der Waals surface area (Å²) >= 11 is 0. The Morgan fingerprint density at radius 3 is 2.90 bits per heavy atom. The van der Waals surface area contributed by atoms with Gasteiger partial charge < -0.3 is 20.9 Å². The first kappa shape index (κ1) is 13.8. The summed E-state index contributed by atoms with van der Waals surface area (Å²) in [5, 5.41) is 12.3. The lowest BCUT2D eigenvalue weighted by molar-refractivity contribution is 0.102. The van der Waals surface area contributed by atoms with Gasteiger partial charge in [0.2, 0.25) is 0 Å². The first-order chi connectivity index (χ1) is 9.65. The van der Waals surface area contributed by atoms with Gasteiger partial charge in [0.25, 0.3) is 5.91 Å². The quantitative estimate of drug-likeness (QED) is 0.784. The third-order valence-corrected chi connectivity index (χ3v) is 2.79. The lowest BCUT2D eigenvalue weighted by Crippen LogP contribution is -2.13. The highest BCUT2D eigenvalue weighted by molar-refractivity contribution is 6.06. The highest BCUT2D eigenvalue weighted by Gasteiger charge is 2.13. The number of anilines is 1. The van der Waals surface area contributed by atoms with E-state index in [0.29, 0.717) is 18.0 Å². The number of benzene rings is 1. The number of carbonyl (C=O) groups is 1. The minimum Gasteiger partial charge on any atom is -0.505 e. The maximum atomic E-state index is 12.1. The zero-order valence-electron chi connectivity index (χ0n) is 11.0. The molecule has 0 radical (unpaired) electrons. The molecule has 0 saturated carbocycles. The number of nitrogens with zero attached hydrogens (tertiary/aromatic N) is 1. The highest BCUT2D eigenvalue weighted by atomic mass is 16.5. The molecule has 2 rings (SSSR count). The summed E-state index contributed by atoms with van der Waals surface area (Å²) in [6.45, 7) is 0.385. The Morgan fingerprint density at radius 1 is 1.45 bits per heavy atom. The fourth-order valence-corrected chi connectivity index (χ4v) is 1.73. The van der Waals surface area contributed by atoms with Gasteiger partial charge in [-0.1, -0.05) is 6.07 Å². The summed E-state index contributed by atoms with van der Waals surface area (Å²) < 4.78 is 5.21. The number of carbonyl (C=O) groups excluding carboxylic acids is 1. The molecule has 1 heterocycles. The van der Waals surface area contributed by atoms with Gasteiger partial charge in [-0.2, -0.15) is 0 Å². The maximum Gasteiger partial charge on any atom is 0.259 e. The number of hydrogen-bond acceptors (Lipinski definition) is 5. The van der Waals surface area contributed by atoms with Crippen molar-refractivity contribution >= 4 is 11.6 Å². The molecule has 1 amide bonds. The van der Waals surface area contributed by atoms with Crippen molar-refractivity contribution in [1.82, 2.24) is 4.98 Å². The lowest BCUT2D eigenvalue weighted by atomic mass is 10.1. The summed E-state index contributed by atoms with van der Waals surface area (Å²) in [6.07, 6.45) is 2.65. The van der Waals surface area contributed by atoms with Crippen LogP contribution in [0.2, 0.25) is 0 Å². The summed E-state index contributed by atoms with van der Waals surface area (Å²) in [7, 11) is 1.51. The third kappa shape index (κ3) is 2.86. The summed E-state index contributed by atoms with van der Waals surface area (Å²) in [4.78, 5) is 15.8. The molecule has 0 saturated heterocycles. The van der Waals surface area contributed by atoms with Crippen LogP contribution in [0.3, 0.4) is 0 Å². The molecule has 104 valence electrons. The molecule has 1 aromatic carbocycles. The molecule has 0 aliphatic rings. The highest BCUT2D eigenvalue weighted by Crippen LogP contribution is 2.26. The Hall–Kier alpha value is -2.60. The number of amides is 1. The smallest absolute Gasteiger partial charge is 0.259 e. The molecule has 2 aromatic rings. The predicted molar refractivity (Wildman–Crippen MR) is 74.7 cm³/mol. The Kier molecular flexibility index (Phi) is 4.17. The second-order valence-corrected chi connectivity index (χ2v) is 4.09. The van der Waals surface area contributed by atoms with E-state index < -0.39 is 5.91 Å².